The second kappa shape index (κ2) is 3.63. The molecule has 0 amide bonds. The average Bonchev–Trinajstić information content (AvgIpc) is 2.46. The van der Waals surface area contributed by atoms with Crippen LogP contribution in [0.4, 0.5) is 0 Å². The Kier molecular flexibility index (Phi) is 2.77. The molecule has 0 radical (unpaired) electrons. The summed E-state index contributed by atoms with van der Waals surface area (Å²) in [5, 5.41) is 0.532. The van der Waals surface area contributed by atoms with E-state index in [0.29, 0.717) is 5.03 Å². The first-order valence-electron chi connectivity index (χ1n) is 3.88. The number of halogens is 1. The van der Waals surface area contributed by atoms with Crippen LogP contribution in [0.15, 0.2) is 19.4 Å². The van der Waals surface area contributed by atoms with Crippen LogP contribution in [0.25, 0.3) is 11.1 Å². The van der Waals surface area contributed by atoms with Crippen molar-refractivity contribution in [2.45, 2.75) is 13.3 Å². The minimum Gasteiger partial charge on any atom is -0.360 e. The molecule has 12 heavy (non-hydrogen) atoms. The zero-order valence-electron chi connectivity index (χ0n) is 7.15. The van der Waals surface area contributed by atoms with Crippen LogP contribution in [-0.4, -0.2) is 4.98 Å². The molecule has 1 aromatic heterocycles. The third-order valence-corrected chi connectivity index (χ3v) is 2.05. The normalized spacial score (nSPS) is 9.83. The summed E-state index contributed by atoms with van der Waals surface area (Å²) in [6.07, 6.45) is 4.72. The molecule has 0 aromatic carbocycles. The summed E-state index contributed by atoms with van der Waals surface area (Å²) < 4.78 is 0. The highest BCUT2D eigenvalue weighted by Gasteiger charge is 2.07. The lowest BCUT2D eigenvalue weighted by molar-refractivity contribution is 1.14. The van der Waals surface area contributed by atoms with E-state index in [1.54, 1.807) is 6.08 Å². The molecule has 64 valence electrons. The average molecular weight is 182 g/mol. The van der Waals surface area contributed by atoms with E-state index in [2.05, 4.69) is 25.1 Å². The fraction of sp³-hybridized carbons (Fsp3) is 0.200. The summed E-state index contributed by atoms with van der Waals surface area (Å²) in [6.45, 7) is 9.50. The van der Waals surface area contributed by atoms with Crippen LogP contribution in [-0.2, 0) is 6.42 Å². The van der Waals surface area contributed by atoms with Crippen LogP contribution in [0, 0.1) is 0 Å². The highest BCUT2D eigenvalue weighted by atomic mass is 35.5. The monoisotopic (exact) mass is 181 g/mol. The molecule has 1 aromatic rings. The lowest BCUT2D eigenvalue weighted by Gasteiger charge is -1.97. The van der Waals surface area contributed by atoms with Crippen molar-refractivity contribution in [1.29, 1.82) is 0 Å². The Hall–Kier alpha value is -0.950. The fourth-order valence-corrected chi connectivity index (χ4v) is 1.38. The summed E-state index contributed by atoms with van der Waals surface area (Å²) in [5.74, 6) is 0. The second-order valence-corrected chi connectivity index (χ2v) is 3.02. The third kappa shape index (κ3) is 1.46. The number of hydrogen-bond donors (Lipinski definition) is 1. The molecule has 0 unspecified atom stereocenters. The van der Waals surface area contributed by atoms with Crippen molar-refractivity contribution >= 4 is 22.7 Å². The van der Waals surface area contributed by atoms with E-state index < -0.39 is 0 Å². The van der Waals surface area contributed by atoms with Gasteiger partial charge in [-0.15, -0.1) is 0 Å². The van der Waals surface area contributed by atoms with E-state index in [9.17, 15) is 0 Å². The number of aromatic amines is 1. The zero-order valence-corrected chi connectivity index (χ0v) is 7.91. The van der Waals surface area contributed by atoms with E-state index >= 15 is 0 Å². The Labute approximate surface area is 77.8 Å². The van der Waals surface area contributed by atoms with Gasteiger partial charge in [-0.2, -0.15) is 0 Å². The number of nitrogens with one attached hydrogen (secondary N) is 1. The molecule has 0 spiro atoms. The molecule has 2 heteroatoms. The van der Waals surface area contributed by atoms with Gasteiger partial charge in [0.2, 0.25) is 0 Å². The summed E-state index contributed by atoms with van der Waals surface area (Å²) in [4.78, 5) is 3.07. The lowest BCUT2D eigenvalue weighted by Crippen LogP contribution is -1.82. The Balaban J connectivity index is 3.22. The molecule has 0 aliphatic heterocycles. The van der Waals surface area contributed by atoms with E-state index in [1.165, 1.54) is 5.56 Å². The molecule has 0 atom stereocenters. The van der Waals surface area contributed by atoms with Gasteiger partial charge in [0.15, 0.2) is 0 Å². The van der Waals surface area contributed by atoms with Gasteiger partial charge < -0.3 is 4.98 Å². The quantitative estimate of drug-likeness (QED) is 0.736. The van der Waals surface area contributed by atoms with Gasteiger partial charge in [0, 0.05) is 11.8 Å². The van der Waals surface area contributed by atoms with Crippen LogP contribution in [0.3, 0.4) is 0 Å². The Morgan fingerprint density at radius 1 is 1.75 bits per heavy atom. The summed E-state index contributed by atoms with van der Waals surface area (Å²) in [5.41, 5.74) is 3.17. The van der Waals surface area contributed by atoms with E-state index in [-0.39, 0.29) is 0 Å². The van der Waals surface area contributed by atoms with Gasteiger partial charge in [-0.1, -0.05) is 37.8 Å². The molecule has 0 saturated heterocycles. The fourth-order valence-electron chi connectivity index (χ4n) is 1.23. The molecule has 1 heterocycles. The van der Waals surface area contributed by atoms with Crippen LogP contribution in [0.5, 0.6) is 0 Å². The van der Waals surface area contributed by atoms with Gasteiger partial charge in [0.25, 0.3) is 0 Å². The van der Waals surface area contributed by atoms with E-state index in [4.69, 9.17) is 11.6 Å². The van der Waals surface area contributed by atoms with Gasteiger partial charge in [0.1, 0.15) is 0 Å². The molecule has 0 bridgehead atoms. The predicted molar refractivity (Wildman–Crippen MR) is 55.1 cm³/mol. The van der Waals surface area contributed by atoms with Crippen LogP contribution < -0.4 is 0 Å². The van der Waals surface area contributed by atoms with Gasteiger partial charge in [-0.25, -0.2) is 0 Å². The molecule has 1 rings (SSSR count). The molecule has 0 aliphatic carbocycles. The number of H-pyrrole nitrogens is 1. The van der Waals surface area contributed by atoms with E-state index in [0.717, 1.165) is 17.7 Å². The molecular weight excluding hydrogens is 170 g/mol. The van der Waals surface area contributed by atoms with Crippen LogP contribution in [0.1, 0.15) is 23.7 Å². The third-order valence-electron chi connectivity index (χ3n) is 1.86. The first-order chi connectivity index (χ1) is 5.70. The van der Waals surface area contributed by atoms with Crippen molar-refractivity contribution in [1.82, 2.24) is 4.98 Å². The van der Waals surface area contributed by atoms with Gasteiger partial charge in [-0.3, -0.25) is 0 Å². The van der Waals surface area contributed by atoms with Gasteiger partial charge in [0.05, 0.1) is 10.7 Å². The first-order valence-corrected chi connectivity index (χ1v) is 4.26. The molecule has 0 aliphatic rings. The summed E-state index contributed by atoms with van der Waals surface area (Å²) >= 11 is 5.78. The van der Waals surface area contributed by atoms with Crippen molar-refractivity contribution in [2.75, 3.05) is 0 Å². The second-order valence-electron chi connectivity index (χ2n) is 2.57. The van der Waals surface area contributed by atoms with Crippen molar-refractivity contribution in [3.05, 3.63) is 36.2 Å². The Morgan fingerprint density at radius 2 is 2.42 bits per heavy atom. The number of aryl methyl sites for hydroxylation is 1. The summed E-state index contributed by atoms with van der Waals surface area (Å²) in [7, 11) is 0. The van der Waals surface area contributed by atoms with Gasteiger partial charge in [-0.05, 0) is 12.0 Å². The molecule has 0 fully saturated rings. The number of aromatic nitrogens is 1. The SMILES string of the molecule is C=Cc1c(CC)c[nH]c1C(=C)Cl. The Bertz CT molecular complexity index is 310. The van der Waals surface area contributed by atoms with E-state index in [1.807, 2.05) is 6.20 Å². The van der Waals surface area contributed by atoms with Crippen molar-refractivity contribution in [2.24, 2.45) is 0 Å². The molecular formula is C10H12ClN. The van der Waals surface area contributed by atoms with Crippen LogP contribution >= 0.6 is 11.6 Å². The van der Waals surface area contributed by atoms with Crippen LogP contribution in [0.2, 0.25) is 0 Å². The highest BCUT2D eigenvalue weighted by molar-refractivity contribution is 6.48. The van der Waals surface area contributed by atoms with Crippen molar-refractivity contribution < 1.29 is 0 Å². The van der Waals surface area contributed by atoms with Crippen molar-refractivity contribution in [3.63, 3.8) is 0 Å². The maximum absolute atomic E-state index is 5.78. The number of rotatable bonds is 3. The minimum absolute atomic E-state index is 0.532. The van der Waals surface area contributed by atoms with Crippen molar-refractivity contribution in [3.8, 4) is 0 Å². The predicted octanol–water partition coefficient (Wildman–Crippen LogP) is 3.43. The molecule has 1 N–H and O–H groups in total. The first kappa shape index (κ1) is 9.14. The largest absolute Gasteiger partial charge is 0.360 e. The zero-order chi connectivity index (χ0) is 9.14. The summed E-state index contributed by atoms with van der Waals surface area (Å²) in [6, 6.07) is 0. The molecule has 1 nitrogen and oxygen atoms in total. The smallest absolute Gasteiger partial charge is 0.0639 e. The number of hydrogen-bond acceptors (Lipinski definition) is 0. The minimum atomic E-state index is 0.532. The molecule has 0 saturated carbocycles. The maximum Gasteiger partial charge on any atom is 0.0639 e. The van der Waals surface area contributed by atoms with Gasteiger partial charge >= 0.3 is 0 Å². The Morgan fingerprint density at radius 3 is 2.83 bits per heavy atom. The standard InChI is InChI=1S/C10H12ClN/c1-4-8-6-12-10(7(3)11)9(8)5-2/h5-6,12H,2-4H2,1H3. The highest BCUT2D eigenvalue weighted by Crippen LogP contribution is 2.24. The maximum atomic E-state index is 5.78. The lowest BCUT2D eigenvalue weighted by atomic mass is 10.1. The topological polar surface area (TPSA) is 15.8 Å².